The molecule has 0 unspecified atom stereocenters. The van der Waals surface area contributed by atoms with Crippen LogP contribution in [0.2, 0.25) is 0 Å². The Hall–Kier alpha value is -4.43. The van der Waals surface area contributed by atoms with Gasteiger partial charge in [0.2, 0.25) is 17.3 Å². The van der Waals surface area contributed by atoms with Crippen LogP contribution < -0.4 is 15.2 Å². The highest BCUT2D eigenvalue weighted by molar-refractivity contribution is 7.98. The number of halogens is 2. The van der Waals surface area contributed by atoms with Crippen molar-refractivity contribution in [2.24, 2.45) is 5.41 Å². The Labute approximate surface area is 259 Å². The summed E-state index contributed by atoms with van der Waals surface area (Å²) in [6, 6.07) is 10.3. The molecule has 0 radical (unpaired) electrons. The van der Waals surface area contributed by atoms with Crippen molar-refractivity contribution in [3.63, 3.8) is 0 Å². The molecule has 2 fully saturated rings. The number of amides is 1. The minimum atomic E-state index is -1.36. The molecule has 234 valence electrons. The number of fused-ring (bicyclic) bond motifs is 4. The van der Waals surface area contributed by atoms with Crippen molar-refractivity contribution in [3.8, 4) is 5.75 Å². The summed E-state index contributed by atoms with van der Waals surface area (Å²) >= 11 is 1.35. The van der Waals surface area contributed by atoms with Crippen molar-refractivity contribution >= 4 is 29.8 Å². The predicted octanol–water partition coefficient (Wildman–Crippen LogP) is 3.74. The maximum atomic E-state index is 15.4. The first-order chi connectivity index (χ1) is 21.6. The van der Waals surface area contributed by atoms with Gasteiger partial charge in [-0.1, -0.05) is 38.1 Å². The maximum Gasteiger partial charge on any atom is 0.514 e. The third-order valence-corrected chi connectivity index (χ3v) is 9.56. The average molecular weight is 640 g/mol. The molecular formula is C31H27F2N3O8S. The molecule has 0 spiro atoms. The number of ether oxygens (including phenoxy) is 4. The smallest absolute Gasteiger partial charge is 0.462 e. The molecule has 11 nitrogen and oxygen atoms in total. The molecular weight excluding hydrogens is 612 g/mol. The van der Waals surface area contributed by atoms with E-state index >= 15 is 4.39 Å². The van der Waals surface area contributed by atoms with E-state index in [-0.39, 0.29) is 43.4 Å². The minimum Gasteiger partial charge on any atom is -0.462 e. The fourth-order valence-corrected chi connectivity index (χ4v) is 7.32. The Morgan fingerprint density at radius 3 is 2.64 bits per heavy atom. The summed E-state index contributed by atoms with van der Waals surface area (Å²) in [6.07, 6.45) is -2.01. The Kier molecular flexibility index (Phi) is 7.08. The van der Waals surface area contributed by atoms with E-state index in [0.29, 0.717) is 5.56 Å². The van der Waals surface area contributed by atoms with Gasteiger partial charge in [0.05, 0.1) is 19.3 Å². The second-order valence-corrected chi connectivity index (χ2v) is 12.8. The van der Waals surface area contributed by atoms with Gasteiger partial charge in [0, 0.05) is 40.4 Å². The number of esters is 1. The number of cyclic esters (lactones) is 1. The Morgan fingerprint density at radius 2 is 1.87 bits per heavy atom. The lowest BCUT2D eigenvalue weighted by molar-refractivity contribution is -0.146. The van der Waals surface area contributed by atoms with Crippen LogP contribution in [-0.2, 0) is 24.8 Å². The van der Waals surface area contributed by atoms with Gasteiger partial charge >= 0.3 is 12.1 Å². The molecule has 0 bridgehead atoms. The first kappa shape index (κ1) is 29.3. The standard InChI is InChI=1S/C31H27F2N3O8S/c1-31(2)15-42-29(39)27(31)44-30(40)43-26-20(37)9-10-35-25(26)28(38)34-11-12-41-13-22(34)36(35)24-16-7-8-19(32)23(33)18(16)14-45-21-6-4-3-5-17(21)24/h3-10,22,24,27H,11-15H2,1-2H3/t22-,24+,27-/m1/s1. The number of pyridine rings is 1. The summed E-state index contributed by atoms with van der Waals surface area (Å²) in [7, 11) is 0. The number of hydrogen-bond acceptors (Lipinski definition) is 10. The van der Waals surface area contributed by atoms with Crippen molar-refractivity contribution in [1.29, 1.82) is 0 Å². The zero-order valence-electron chi connectivity index (χ0n) is 24.2. The summed E-state index contributed by atoms with van der Waals surface area (Å²) in [5, 5.41) is 1.76. The molecule has 2 aromatic carbocycles. The molecule has 7 rings (SSSR count). The van der Waals surface area contributed by atoms with Gasteiger partial charge in [0.1, 0.15) is 12.8 Å². The summed E-state index contributed by atoms with van der Waals surface area (Å²) in [5.74, 6) is -3.77. The topological polar surface area (TPSA) is 117 Å². The van der Waals surface area contributed by atoms with Crippen LogP contribution in [0, 0.1) is 17.0 Å². The first-order valence-corrected chi connectivity index (χ1v) is 15.2. The number of benzene rings is 2. The van der Waals surface area contributed by atoms with E-state index in [1.807, 2.05) is 24.3 Å². The third kappa shape index (κ3) is 4.74. The molecule has 0 aliphatic carbocycles. The second-order valence-electron chi connectivity index (χ2n) is 11.7. The SMILES string of the molecule is CC1(C)COC(=O)[C@H]1OC(=O)Oc1c2n(ccc1=O)N([C@@H]1c3ccccc3SCc3c1ccc(F)c3F)[C@@H]1COCCN1C2=O. The number of carbonyl (C=O) groups excluding carboxylic acids is 3. The number of thioether (sulfide) groups is 1. The Balaban J connectivity index is 1.39. The summed E-state index contributed by atoms with van der Waals surface area (Å²) in [6.45, 7) is 3.78. The van der Waals surface area contributed by atoms with Gasteiger partial charge in [0.15, 0.2) is 17.3 Å². The quantitative estimate of drug-likeness (QED) is 0.393. The Morgan fingerprint density at radius 1 is 1.07 bits per heavy atom. The van der Waals surface area contributed by atoms with E-state index < -0.39 is 64.6 Å². The van der Waals surface area contributed by atoms with Crippen LogP contribution in [-0.4, -0.2) is 66.2 Å². The van der Waals surface area contributed by atoms with Gasteiger partial charge in [-0.2, -0.15) is 0 Å². The van der Waals surface area contributed by atoms with E-state index in [0.717, 1.165) is 22.6 Å². The summed E-state index contributed by atoms with van der Waals surface area (Å²) < 4.78 is 52.8. The van der Waals surface area contributed by atoms with E-state index in [1.165, 1.54) is 33.6 Å². The molecule has 4 aliphatic rings. The number of carbonyl (C=O) groups is 3. The molecule has 2 saturated heterocycles. The molecule has 3 aromatic rings. The van der Waals surface area contributed by atoms with Crippen LogP contribution in [0.3, 0.4) is 0 Å². The first-order valence-electron chi connectivity index (χ1n) is 14.2. The predicted molar refractivity (Wildman–Crippen MR) is 154 cm³/mol. The van der Waals surface area contributed by atoms with Gasteiger partial charge in [0.25, 0.3) is 5.91 Å². The van der Waals surface area contributed by atoms with Crippen molar-refractivity contribution in [3.05, 3.63) is 92.9 Å². The van der Waals surface area contributed by atoms with E-state index in [9.17, 15) is 23.6 Å². The van der Waals surface area contributed by atoms with Gasteiger partial charge in [-0.3, -0.25) is 19.3 Å². The highest BCUT2D eigenvalue weighted by Crippen LogP contribution is 2.45. The van der Waals surface area contributed by atoms with Gasteiger partial charge in [-0.15, -0.1) is 11.8 Å². The minimum absolute atomic E-state index is 0.0200. The highest BCUT2D eigenvalue weighted by atomic mass is 32.2. The molecule has 3 atom stereocenters. The van der Waals surface area contributed by atoms with Crippen LogP contribution >= 0.6 is 11.8 Å². The largest absolute Gasteiger partial charge is 0.514 e. The fourth-order valence-electron chi connectivity index (χ4n) is 6.21. The summed E-state index contributed by atoms with van der Waals surface area (Å²) in [5.41, 5.74) is -0.529. The molecule has 1 aromatic heterocycles. The number of rotatable bonds is 3. The van der Waals surface area contributed by atoms with Crippen molar-refractivity contribution in [2.45, 2.75) is 42.8 Å². The molecule has 0 N–H and O–H groups in total. The molecule has 14 heteroatoms. The van der Waals surface area contributed by atoms with Crippen LogP contribution in [0.5, 0.6) is 5.75 Å². The number of nitrogens with zero attached hydrogens (tertiary/aromatic N) is 3. The van der Waals surface area contributed by atoms with Gasteiger partial charge in [-0.25, -0.2) is 18.4 Å². The third-order valence-electron chi connectivity index (χ3n) is 8.44. The van der Waals surface area contributed by atoms with Gasteiger partial charge in [-0.05, 0) is 23.3 Å². The lowest BCUT2D eigenvalue weighted by Crippen LogP contribution is -2.66. The highest BCUT2D eigenvalue weighted by Gasteiger charge is 2.49. The zero-order valence-corrected chi connectivity index (χ0v) is 25.0. The average Bonchev–Trinajstić information content (AvgIpc) is 3.18. The molecule has 5 heterocycles. The van der Waals surface area contributed by atoms with Crippen LogP contribution in [0.15, 0.2) is 58.4 Å². The van der Waals surface area contributed by atoms with E-state index in [1.54, 1.807) is 18.9 Å². The molecule has 4 aliphatic heterocycles. The van der Waals surface area contributed by atoms with Crippen LogP contribution in [0.4, 0.5) is 13.6 Å². The lowest BCUT2D eigenvalue weighted by atomic mass is 9.90. The number of morpholine rings is 1. The van der Waals surface area contributed by atoms with Crippen molar-refractivity contribution < 1.29 is 42.1 Å². The monoisotopic (exact) mass is 639 g/mol. The lowest BCUT2D eigenvalue weighted by Gasteiger charge is -2.51. The van der Waals surface area contributed by atoms with Crippen LogP contribution in [0.25, 0.3) is 0 Å². The number of hydrogen-bond donors (Lipinski definition) is 0. The van der Waals surface area contributed by atoms with E-state index in [2.05, 4.69) is 0 Å². The van der Waals surface area contributed by atoms with Crippen molar-refractivity contribution in [2.75, 3.05) is 31.4 Å². The van der Waals surface area contributed by atoms with E-state index in [4.69, 9.17) is 18.9 Å². The van der Waals surface area contributed by atoms with Gasteiger partial charge < -0.3 is 23.8 Å². The molecule has 1 amide bonds. The number of aromatic nitrogens is 1. The maximum absolute atomic E-state index is 15.4. The van der Waals surface area contributed by atoms with Crippen LogP contribution in [0.1, 0.15) is 47.1 Å². The molecule has 45 heavy (non-hydrogen) atoms. The van der Waals surface area contributed by atoms with Crippen molar-refractivity contribution in [1.82, 2.24) is 9.58 Å². The molecule has 0 saturated carbocycles. The fraction of sp³-hybridized carbons (Fsp3) is 0.355. The second kappa shape index (κ2) is 10.9. The Bertz CT molecular complexity index is 1810. The normalized spacial score (nSPS) is 23.2. The zero-order chi connectivity index (χ0) is 31.6. The summed E-state index contributed by atoms with van der Waals surface area (Å²) in [4.78, 5) is 54.8.